The number of carbonyl (C=O) groups is 7. The minimum atomic E-state index is -0.814. The molecule has 7 aromatic rings. The van der Waals surface area contributed by atoms with Crippen LogP contribution in [0.3, 0.4) is 0 Å². The highest BCUT2D eigenvalue weighted by molar-refractivity contribution is 6.48. The van der Waals surface area contributed by atoms with Crippen LogP contribution in [-0.2, 0) is 38.2 Å². The summed E-state index contributed by atoms with van der Waals surface area (Å²) in [6, 6.07) is 32.2. The summed E-state index contributed by atoms with van der Waals surface area (Å²) in [5.41, 5.74) is 3.73. The second kappa shape index (κ2) is 28.4. The van der Waals surface area contributed by atoms with E-state index in [1.807, 2.05) is 117 Å². The summed E-state index contributed by atoms with van der Waals surface area (Å²) >= 11 is 0. The predicted octanol–water partition coefficient (Wildman–Crippen LogP) is 10.2. The average Bonchev–Trinajstić information content (AvgIpc) is 1.85. The summed E-state index contributed by atoms with van der Waals surface area (Å²) in [5.74, 6) is -3.19. The van der Waals surface area contributed by atoms with Crippen molar-refractivity contribution in [3.8, 4) is 11.4 Å². The first-order chi connectivity index (χ1) is 42.0. The second-order valence-electron chi connectivity index (χ2n) is 21.9. The van der Waals surface area contributed by atoms with E-state index in [2.05, 4.69) is 20.1 Å². The molecule has 3 aliphatic rings. The van der Waals surface area contributed by atoms with Gasteiger partial charge < -0.3 is 42.2 Å². The van der Waals surface area contributed by atoms with Gasteiger partial charge in [-0.1, -0.05) is 78.3 Å². The van der Waals surface area contributed by atoms with Crippen LogP contribution in [0, 0.1) is 0 Å². The summed E-state index contributed by atoms with van der Waals surface area (Å²) in [7, 11) is 1.20. The minimum Gasteiger partial charge on any atom is -0.469 e. The SMILES string of the molecule is CCCCOC/C(=N\OC(=O)c1ccco1)C(=O)c1ccc(-n2cc(C(=O)C(C)(C)N3CCOCC3)c3ccccc32)cc1.COC(=O)C/C(=N\OC(=O)C1=CC=CC1)C(=O)c1ccc(-n2cc(C(=O)C(C)(C)N3CCOCC3)c3ccccc32)cc1. The topological polar surface area (TPSA) is 229 Å². The first-order valence-electron chi connectivity index (χ1n) is 28.9. The second-order valence-corrected chi connectivity index (χ2v) is 21.9. The van der Waals surface area contributed by atoms with Crippen molar-refractivity contribution in [2.75, 3.05) is 72.9 Å². The number of esters is 1. The number of ketones is 4. The molecule has 2 saturated heterocycles. The van der Waals surface area contributed by atoms with Crippen molar-refractivity contribution >= 4 is 74.3 Å². The number of ether oxygens (including phenoxy) is 4. The quantitative estimate of drug-likeness (QED) is 0.0145. The van der Waals surface area contributed by atoms with Crippen LogP contribution in [0.5, 0.6) is 0 Å². The summed E-state index contributed by atoms with van der Waals surface area (Å²) in [5, 5.41) is 9.26. The van der Waals surface area contributed by atoms with Gasteiger partial charge in [0.1, 0.15) is 5.71 Å². The van der Waals surface area contributed by atoms with E-state index in [0.29, 0.717) is 87.9 Å². The van der Waals surface area contributed by atoms with Crippen LogP contribution in [0.25, 0.3) is 33.2 Å². The van der Waals surface area contributed by atoms with E-state index in [0.717, 1.165) is 46.0 Å². The highest BCUT2D eigenvalue weighted by atomic mass is 16.7. The van der Waals surface area contributed by atoms with E-state index in [4.69, 9.17) is 33.0 Å². The van der Waals surface area contributed by atoms with Crippen LogP contribution in [0.15, 0.2) is 166 Å². The third-order valence-corrected chi connectivity index (χ3v) is 15.6. The molecule has 2 aliphatic heterocycles. The molecule has 20 nitrogen and oxygen atoms in total. The average molecular weight is 1180 g/mol. The monoisotopic (exact) mass is 1180 g/mol. The fourth-order valence-corrected chi connectivity index (χ4v) is 10.4. The molecule has 10 rings (SSSR count). The molecule has 2 fully saturated rings. The fraction of sp³-hybridized carbons (Fsp3) is 0.328. The molecule has 1 aliphatic carbocycles. The van der Waals surface area contributed by atoms with Crippen molar-refractivity contribution in [2.24, 2.45) is 10.3 Å². The molecule has 3 aromatic heterocycles. The largest absolute Gasteiger partial charge is 0.469 e. The smallest absolute Gasteiger partial charge is 0.400 e. The normalized spacial score (nSPS) is 15.2. The molecule has 87 heavy (non-hydrogen) atoms. The van der Waals surface area contributed by atoms with Gasteiger partial charge in [0.25, 0.3) is 0 Å². The molecule has 20 heteroatoms. The molecule has 0 unspecified atom stereocenters. The van der Waals surface area contributed by atoms with Gasteiger partial charge in [-0.05, 0) is 113 Å². The molecule has 452 valence electrons. The maximum atomic E-state index is 13.9. The zero-order valence-electron chi connectivity index (χ0n) is 49.7. The van der Waals surface area contributed by atoms with E-state index in [9.17, 15) is 33.6 Å². The number of hydrogen-bond donors (Lipinski definition) is 0. The molecule has 5 heterocycles. The molecular formula is C67H70N6O14. The number of hydrogen-bond acceptors (Lipinski definition) is 18. The van der Waals surface area contributed by atoms with Gasteiger partial charge in [0, 0.05) is 95.2 Å². The number of Topliss-reactive ketones (excluding diaryl/α,β-unsaturated/α-hetero) is 4. The zero-order valence-corrected chi connectivity index (χ0v) is 49.7. The number of unbranched alkanes of at least 4 members (excludes halogenated alkanes) is 1. The lowest BCUT2D eigenvalue weighted by molar-refractivity contribution is -0.141. The summed E-state index contributed by atoms with van der Waals surface area (Å²) < 4.78 is 30.2. The Kier molecular flexibility index (Phi) is 20.4. The number of fused-ring (bicyclic) bond motifs is 2. The Morgan fingerprint density at radius 3 is 1.56 bits per heavy atom. The molecule has 0 atom stereocenters. The molecule has 0 bridgehead atoms. The first kappa shape index (κ1) is 62.5. The van der Waals surface area contributed by atoms with E-state index in [-0.39, 0.29) is 40.9 Å². The number of aromatic nitrogens is 2. The van der Waals surface area contributed by atoms with Crippen molar-refractivity contribution in [3.05, 3.63) is 180 Å². The standard InChI is InChI=1S/C34H37N3O7.C33H33N3O7/c1-4-5-18-42-23-28(35-44-33(40)30-11-8-19-43-30)31(38)24-12-14-25(15-13-24)37-22-27(26-9-6-7-10-29(26)37)32(39)34(2,3)36-16-20-41-21-17-36;1-33(2,35-16-18-42-19-17-35)31(39)26-21-36(28-11-7-6-10-25(26)28)24-14-12-22(13-15-24)30(38)27(20-29(37)41-3)34-43-32(40)23-8-4-5-9-23/h6-15,19,22H,4-5,16-18,20-21,23H2,1-3H3;4-8,10-15,21H,9,16-20H2,1-3H3/b35-28+;34-27+. The third-order valence-electron chi connectivity index (χ3n) is 15.6. The van der Waals surface area contributed by atoms with Crippen molar-refractivity contribution in [3.63, 3.8) is 0 Å². The summed E-state index contributed by atoms with van der Waals surface area (Å²) in [6.07, 6.45) is 11.9. The molecule has 0 radical (unpaired) electrons. The summed E-state index contributed by atoms with van der Waals surface area (Å²) in [6.45, 7) is 15.3. The lowest BCUT2D eigenvalue weighted by Crippen LogP contribution is -2.54. The van der Waals surface area contributed by atoms with E-state index >= 15 is 0 Å². The van der Waals surface area contributed by atoms with Gasteiger partial charge in [-0.15, -0.1) is 0 Å². The molecule has 0 saturated carbocycles. The van der Waals surface area contributed by atoms with Crippen molar-refractivity contribution < 1.29 is 66.6 Å². The Morgan fingerprint density at radius 2 is 1.09 bits per heavy atom. The lowest BCUT2D eigenvalue weighted by atomic mass is 9.90. The Labute approximate surface area is 503 Å². The lowest BCUT2D eigenvalue weighted by Gasteiger charge is -2.39. The molecule has 0 spiro atoms. The van der Waals surface area contributed by atoms with Crippen LogP contribution >= 0.6 is 0 Å². The number of para-hydroxylation sites is 2. The van der Waals surface area contributed by atoms with Crippen LogP contribution in [0.4, 0.5) is 0 Å². The highest BCUT2D eigenvalue weighted by Gasteiger charge is 2.39. The Hall–Kier alpha value is -9.05. The number of nitrogens with zero attached hydrogens (tertiary/aromatic N) is 6. The highest BCUT2D eigenvalue weighted by Crippen LogP contribution is 2.33. The Balaban J connectivity index is 0.000000208. The van der Waals surface area contributed by atoms with Crippen molar-refractivity contribution in [1.82, 2.24) is 18.9 Å². The first-order valence-corrected chi connectivity index (χ1v) is 28.9. The predicted molar refractivity (Wildman–Crippen MR) is 326 cm³/mol. The minimum absolute atomic E-state index is 0.0125. The zero-order chi connectivity index (χ0) is 61.7. The third kappa shape index (κ3) is 14.5. The fourth-order valence-electron chi connectivity index (χ4n) is 10.4. The number of allylic oxidation sites excluding steroid dienone is 3. The molecular weight excluding hydrogens is 1110 g/mol. The Bertz CT molecular complexity index is 3780. The van der Waals surface area contributed by atoms with Crippen molar-refractivity contribution in [2.45, 2.75) is 71.4 Å². The molecule has 0 N–H and O–H groups in total. The maximum Gasteiger partial charge on any atom is 0.400 e. The number of methoxy groups -OCH3 is 1. The van der Waals surface area contributed by atoms with Crippen LogP contribution in [-0.4, -0.2) is 155 Å². The van der Waals surface area contributed by atoms with Gasteiger partial charge in [-0.25, -0.2) is 9.59 Å². The van der Waals surface area contributed by atoms with Gasteiger partial charge in [0.15, 0.2) is 17.3 Å². The Morgan fingerprint density at radius 1 is 0.598 bits per heavy atom. The van der Waals surface area contributed by atoms with Crippen LogP contribution in [0.2, 0.25) is 0 Å². The number of morpholine rings is 2. The summed E-state index contributed by atoms with van der Waals surface area (Å²) in [4.78, 5) is 105. The maximum absolute atomic E-state index is 13.9. The van der Waals surface area contributed by atoms with Crippen LogP contribution in [0.1, 0.15) is 112 Å². The van der Waals surface area contributed by atoms with Gasteiger partial charge in [-0.2, -0.15) is 0 Å². The van der Waals surface area contributed by atoms with Crippen LogP contribution < -0.4 is 0 Å². The number of benzene rings is 4. The van der Waals surface area contributed by atoms with Gasteiger partial charge >= 0.3 is 17.9 Å². The van der Waals surface area contributed by atoms with Gasteiger partial charge in [-0.3, -0.25) is 33.8 Å². The molecule has 4 aromatic carbocycles. The van der Waals surface area contributed by atoms with Crippen molar-refractivity contribution in [1.29, 1.82) is 0 Å². The number of oxime groups is 2. The van der Waals surface area contributed by atoms with E-state index in [1.165, 1.54) is 19.4 Å². The van der Waals surface area contributed by atoms with Gasteiger partial charge in [0.2, 0.25) is 17.3 Å². The number of furan rings is 1. The van der Waals surface area contributed by atoms with E-state index < -0.39 is 47.0 Å². The number of rotatable bonds is 23. The number of carbonyl (C=O) groups excluding carboxylic acids is 7. The van der Waals surface area contributed by atoms with E-state index in [1.54, 1.807) is 60.7 Å². The van der Waals surface area contributed by atoms with Gasteiger partial charge in [0.05, 0.1) is 74.9 Å². The molecule has 0 amide bonds.